The number of carbonyl (C=O) groups is 1. The maximum Gasteiger partial charge on any atom is 0.318 e. The lowest BCUT2D eigenvalue weighted by atomic mass is 10.3. The van der Waals surface area contributed by atoms with Crippen molar-refractivity contribution in [3.63, 3.8) is 0 Å². The van der Waals surface area contributed by atoms with Gasteiger partial charge < -0.3 is 5.11 Å². The average molecular weight is 293 g/mol. The zero-order chi connectivity index (χ0) is 14.6. The van der Waals surface area contributed by atoms with Gasteiger partial charge in [-0.15, -0.1) is 0 Å². The fourth-order valence-electron chi connectivity index (χ4n) is 1.51. The molecule has 0 amide bonds. The molecule has 19 heavy (non-hydrogen) atoms. The second-order valence-corrected chi connectivity index (χ2v) is 5.71. The summed E-state index contributed by atoms with van der Waals surface area (Å²) in [6.07, 6.45) is 0.370. The van der Waals surface area contributed by atoms with Crippen molar-refractivity contribution in [1.29, 1.82) is 0 Å². The van der Waals surface area contributed by atoms with E-state index in [4.69, 9.17) is 5.11 Å². The van der Waals surface area contributed by atoms with Crippen LogP contribution in [0.3, 0.4) is 0 Å². The average Bonchev–Trinajstić information content (AvgIpc) is 2.27. The summed E-state index contributed by atoms with van der Waals surface area (Å²) in [5.41, 5.74) is 0. The Bertz CT molecular complexity index is 574. The van der Waals surface area contributed by atoms with Crippen LogP contribution in [-0.4, -0.2) is 36.9 Å². The third-order valence-electron chi connectivity index (χ3n) is 2.30. The maximum absolute atomic E-state index is 13.5. The van der Waals surface area contributed by atoms with Crippen molar-refractivity contribution >= 4 is 16.0 Å². The lowest BCUT2D eigenvalue weighted by Crippen LogP contribution is -2.36. The quantitative estimate of drug-likeness (QED) is 0.861. The summed E-state index contributed by atoms with van der Waals surface area (Å²) in [5.74, 6) is -3.50. The predicted molar refractivity (Wildman–Crippen MR) is 63.0 cm³/mol. The molecule has 0 aliphatic rings. The highest BCUT2D eigenvalue weighted by molar-refractivity contribution is 7.89. The first-order valence-corrected chi connectivity index (χ1v) is 6.90. The largest absolute Gasteiger partial charge is 0.480 e. The number of carboxylic acid groups (broad SMARTS) is 1. The van der Waals surface area contributed by atoms with E-state index in [1.165, 1.54) is 0 Å². The molecule has 0 saturated heterocycles. The topological polar surface area (TPSA) is 74.7 Å². The van der Waals surface area contributed by atoms with Gasteiger partial charge in [0.25, 0.3) is 0 Å². The highest BCUT2D eigenvalue weighted by Gasteiger charge is 2.28. The normalized spacial score (nSPS) is 11.8. The van der Waals surface area contributed by atoms with Gasteiger partial charge in [0.05, 0.1) is 0 Å². The molecule has 0 aliphatic carbocycles. The minimum Gasteiger partial charge on any atom is -0.480 e. The SMILES string of the molecule is CCCN(CC(=O)O)S(=O)(=O)c1ccc(F)cc1F. The fraction of sp³-hybridized carbons (Fsp3) is 0.364. The molecule has 0 atom stereocenters. The molecule has 5 nitrogen and oxygen atoms in total. The molecule has 0 heterocycles. The molecular weight excluding hydrogens is 280 g/mol. The summed E-state index contributed by atoms with van der Waals surface area (Å²) in [5, 5.41) is 8.67. The first kappa shape index (κ1) is 15.5. The van der Waals surface area contributed by atoms with Crippen molar-refractivity contribution in [2.75, 3.05) is 13.1 Å². The van der Waals surface area contributed by atoms with E-state index in [9.17, 15) is 22.0 Å². The molecule has 1 rings (SSSR count). The molecule has 1 aromatic carbocycles. The Morgan fingerprint density at radius 1 is 1.37 bits per heavy atom. The van der Waals surface area contributed by atoms with Gasteiger partial charge in [-0.25, -0.2) is 17.2 Å². The molecule has 0 aromatic heterocycles. The van der Waals surface area contributed by atoms with Crippen LogP contribution < -0.4 is 0 Å². The first-order chi connectivity index (χ1) is 8.78. The molecule has 1 N–H and O–H groups in total. The first-order valence-electron chi connectivity index (χ1n) is 5.46. The number of rotatable bonds is 6. The minimum absolute atomic E-state index is 0.0640. The molecule has 0 fully saturated rings. The van der Waals surface area contributed by atoms with Gasteiger partial charge in [-0.2, -0.15) is 4.31 Å². The van der Waals surface area contributed by atoms with Crippen molar-refractivity contribution in [3.8, 4) is 0 Å². The molecule has 0 radical (unpaired) electrons. The van der Waals surface area contributed by atoms with Crippen molar-refractivity contribution in [2.45, 2.75) is 18.2 Å². The summed E-state index contributed by atoms with van der Waals surface area (Å²) < 4.78 is 51.1. The number of halogens is 2. The smallest absolute Gasteiger partial charge is 0.318 e. The van der Waals surface area contributed by atoms with E-state index in [0.717, 1.165) is 12.1 Å². The van der Waals surface area contributed by atoms with Gasteiger partial charge in [0.15, 0.2) is 0 Å². The number of sulfonamides is 1. The molecule has 0 aliphatic heterocycles. The second-order valence-electron chi connectivity index (χ2n) is 3.81. The monoisotopic (exact) mass is 293 g/mol. The van der Waals surface area contributed by atoms with Gasteiger partial charge in [0.2, 0.25) is 10.0 Å². The number of benzene rings is 1. The van der Waals surface area contributed by atoms with Crippen LogP contribution in [0.2, 0.25) is 0 Å². The van der Waals surface area contributed by atoms with E-state index in [1.54, 1.807) is 6.92 Å². The zero-order valence-electron chi connectivity index (χ0n) is 10.1. The van der Waals surface area contributed by atoms with Crippen LogP contribution in [0.1, 0.15) is 13.3 Å². The van der Waals surface area contributed by atoms with Crippen LogP contribution in [0.4, 0.5) is 8.78 Å². The Kier molecular flexibility index (Phi) is 4.96. The second kappa shape index (κ2) is 6.07. The van der Waals surface area contributed by atoms with Crippen LogP contribution in [0.15, 0.2) is 23.1 Å². The van der Waals surface area contributed by atoms with E-state index in [0.29, 0.717) is 16.8 Å². The number of hydrogen-bond donors (Lipinski definition) is 1. The molecule has 0 bridgehead atoms. The Hall–Kier alpha value is -1.54. The fourth-order valence-corrected chi connectivity index (χ4v) is 3.03. The molecule has 1 aromatic rings. The third-order valence-corrected chi connectivity index (χ3v) is 4.17. The van der Waals surface area contributed by atoms with Gasteiger partial charge in [0.1, 0.15) is 23.1 Å². The van der Waals surface area contributed by atoms with Crippen LogP contribution in [0, 0.1) is 11.6 Å². The molecule has 0 saturated carbocycles. The summed E-state index contributed by atoms with van der Waals surface area (Å²) in [6.45, 7) is 0.823. The number of hydrogen-bond acceptors (Lipinski definition) is 3. The Morgan fingerprint density at radius 2 is 2.00 bits per heavy atom. The minimum atomic E-state index is -4.29. The highest BCUT2D eigenvalue weighted by atomic mass is 32.2. The maximum atomic E-state index is 13.5. The summed E-state index contributed by atoms with van der Waals surface area (Å²) in [7, 11) is -4.29. The third kappa shape index (κ3) is 3.71. The van der Waals surface area contributed by atoms with Crippen molar-refractivity contribution in [3.05, 3.63) is 29.8 Å². The Morgan fingerprint density at radius 3 is 2.47 bits per heavy atom. The van der Waals surface area contributed by atoms with E-state index in [1.807, 2.05) is 0 Å². The van der Waals surface area contributed by atoms with Crippen LogP contribution in [-0.2, 0) is 14.8 Å². The summed E-state index contributed by atoms with van der Waals surface area (Å²) in [4.78, 5) is 9.91. The van der Waals surface area contributed by atoms with Crippen molar-refractivity contribution in [1.82, 2.24) is 4.31 Å². The van der Waals surface area contributed by atoms with Gasteiger partial charge >= 0.3 is 5.97 Å². The van der Waals surface area contributed by atoms with Crippen molar-refractivity contribution in [2.24, 2.45) is 0 Å². The predicted octanol–water partition coefficient (Wildman–Crippen LogP) is 1.45. The molecule has 0 spiro atoms. The van der Waals surface area contributed by atoms with Gasteiger partial charge in [-0.05, 0) is 18.6 Å². The van der Waals surface area contributed by atoms with Crippen LogP contribution >= 0.6 is 0 Å². The molecular formula is C11H13F2NO4S. The number of nitrogens with zero attached hydrogens (tertiary/aromatic N) is 1. The van der Waals surface area contributed by atoms with Crippen LogP contribution in [0.25, 0.3) is 0 Å². The van der Waals surface area contributed by atoms with Gasteiger partial charge in [-0.1, -0.05) is 6.92 Å². The van der Waals surface area contributed by atoms with Gasteiger partial charge in [-0.3, -0.25) is 4.79 Å². The van der Waals surface area contributed by atoms with Gasteiger partial charge in [0, 0.05) is 12.6 Å². The molecule has 0 unspecified atom stereocenters. The lowest BCUT2D eigenvalue weighted by Gasteiger charge is -2.19. The van der Waals surface area contributed by atoms with E-state index < -0.39 is 39.1 Å². The summed E-state index contributed by atoms with van der Waals surface area (Å²) >= 11 is 0. The highest BCUT2D eigenvalue weighted by Crippen LogP contribution is 2.20. The Labute approximate surface area is 109 Å². The standard InChI is InChI=1S/C11H13F2NO4S/c1-2-5-14(7-11(15)16)19(17,18)10-4-3-8(12)6-9(10)13/h3-4,6H,2,5,7H2,1H3,(H,15,16). The zero-order valence-corrected chi connectivity index (χ0v) is 11.0. The number of carboxylic acids is 1. The van der Waals surface area contributed by atoms with E-state index in [2.05, 4.69) is 0 Å². The van der Waals surface area contributed by atoms with Crippen LogP contribution in [0.5, 0.6) is 0 Å². The molecule has 106 valence electrons. The van der Waals surface area contributed by atoms with Crippen molar-refractivity contribution < 1.29 is 27.1 Å². The lowest BCUT2D eigenvalue weighted by molar-refractivity contribution is -0.137. The Balaban J connectivity index is 3.22. The van der Waals surface area contributed by atoms with E-state index in [-0.39, 0.29) is 6.54 Å². The number of aliphatic carboxylic acids is 1. The summed E-state index contributed by atoms with van der Waals surface area (Å²) in [6, 6.07) is 2.03. The molecule has 8 heteroatoms. The van der Waals surface area contributed by atoms with E-state index >= 15 is 0 Å².